The highest BCUT2D eigenvalue weighted by molar-refractivity contribution is 8.27. The van der Waals surface area contributed by atoms with Crippen molar-refractivity contribution in [2.45, 2.75) is 0 Å². The third-order valence-electron chi connectivity index (χ3n) is 3.54. The number of anilines is 1. The molecule has 9 heteroatoms. The molecule has 5 nitrogen and oxygen atoms in total. The lowest BCUT2D eigenvalue weighted by molar-refractivity contribution is -0.113. The van der Waals surface area contributed by atoms with Crippen molar-refractivity contribution in [3.8, 4) is 5.75 Å². The number of amides is 1. The third kappa shape index (κ3) is 3.31. The van der Waals surface area contributed by atoms with Crippen LogP contribution in [0.5, 0.6) is 5.75 Å². The van der Waals surface area contributed by atoms with Gasteiger partial charge in [-0.15, -0.1) is 0 Å². The molecule has 0 saturated carbocycles. The summed E-state index contributed by atoms with van der Waals surface area (Å²) < 4.78 is 14.1. The number of thiocarbonyl (C=S) groups is 1. The molecule has 1 heterocycles. The Morgan fingerprint density at radius 2 is 2.04 bits per heavy atom. The van der Waals surface area contributed by atoms with E-state index in [1.165, 1.54) is 36.4 Å². The van der Waals surface area contributed by atoms with Gasteiger partial charge in [-0.25, -0.2) is 9.18 Å². The van der Waals surface area contributed by atoms with Gasteiger partial charge < -0.3 is 10.2 Å². The van der Waals surface area contributed by atoms with Gasteiger partial charge in [0.15, 0.2) is 4.32 Å². The van der Waals surface area contributed by atoms with Crippen molar-refractivity contribution in [2.75, 3.05) is 4.90 Å². The second kappa shape index (κ2) is 7.06. The van der Waals surface area contributed by atoms with Crippen LogP contribution in [0.25, 0.3) is 6.08 Å². The Bertz CT molecular complexity index is 972. The van der Waals surface area contributed by atoms with Crippen LogP contribution in [-0.4, -0.2) is 26.4 Å². The van der Waals surface area contributed by atoms with Gasteiger partial charge in [0.1, 0.15) is 17.1 Å². The number of hydrogen-bond donors (Lipinski definition) is 2. The van der Waals surface area contributed by atoms with Gasteiger partial charge in [-0.05, 0) is 30.3 Å². The number of hydrogen-bond acceptors (Lipinski definition) is 5. The molecule has 0 aliphatic carbocycles. The summed E-state index contributed by atoms with van der Waals surface area (Å²) in [5.74, 6) is -2.90. The first-order valence-corrected chi connectivity index (χ1v) is 8.68. The molecule has 0 bridgehead atoms. The van der Waals surface area contributed by atoms with Crippen molar-refractivity contribution in [3.63, 3.8) is 0 Å². The lowest BCUT2D eigenvalue weighted by Gasteiger charge is -2.15. The lowest BCUT2D eigenvalue weighted by Crippen LogP contribution is -2.27. The highest BCUT2D eigenvalue weighted by Gasteiger charge is 2.34. The standard InChI is InChI=1S/C17H9ClFNO4S2/c18-11-2-1-3-12(19)10(11)7-14-15(22)20(17(25)26-14)8-4-5-9(16(23)24)13(21)6-8/h1-7,21H,(H,23,24). The number of carboxylic acid groups (broad SMARTS) is 1. The number of carbonyl (C=O) groups is 2. The van der Waals surface area contributed by atoms with E-state index >= 15 is 0 Å². The Balaban J connectivity index is 1.99. The second-order valence-electron chi connectivity index (χ2n) is 5.16. The lowest BCUT2D eigenvalue weighted by atomic mass is 10.1. The minimum Gasteiger partial charge on any atom is -0.507 e. The number of phenols is 1. The summed E-state index contributed by atoms with van der Waals surface area (Å²) in [6.07, 6.45) is 1.31. The summed E-state index contributed by atoms with van der Waals surface area (Å²) in [6, 6.07) is 7.83. The van der Waals surface area contributed by atoms with E-state index in [2.05, 4.69) is 0 Å². The summed E-state index contributed by atoms with van der Waals surface area (Å²) in [4.78, 5) is 24.9. The molecule has 0 radical (unpaired) electrons. The molecular weight excluding hydrogens is 401 g/mol. The van der Waals surface area contributed by atoms with E-state index in [9.17, 15) is 19.1 Å². The third-order valence-corrected chi connectivity index (χ3v) is 5.17. The number of thioether (sulfide) groups is 1. The fourth-order valence-corrected chi connectivity index (χ4v) is 3.81. The van der Waals surface area contributed by atoms with Crippen LogP contribution in [0.1, 0.15) is 15.9 Å². The number of aromatic carboxylic acids is 1. The summed E-state index contributed by atoms with van der Waals surface area (Å²) in [5.41, 5.74) is -0.0235. The molecule has 2 aromatic carbocycles. The predicted molar refractivity (Wildman–Crippen MR) is 102 cm³/mol. The van der Waals surface area contributed by atoms with Crippen LogP contribution in [0, 0.1) is 5.82 Å². The molecule has 132 valence electrons. The van der Waals surface area contributed by atoms with Gasteiger partial charge in [-0.3, -0.25) is 9.69 Å². The van der Waals surface area contributed by atoms with Crippen LogP contribution >= 0.6 is 35.6 Å². The molecule has 0 spiro atoms. The zero-order chi connectivity index (χ0) is 19.0. The maximum Gasteiger partial charge on any atom is 0.339 e. The second-order valence-corrected chi connectivity index (χ2v) is 7.24. The predicted octanol–water partition coefficient (Wildman–Crippen LogP) is 4.29. The molecule has 1 fully saturated rings. The summed E-state index contributed by atoms with van der Waals surface area (Å²) in [5, 5.41) is 18.9. The van der Waals surface area contributed by atoms with Gasteiger partial charge in [-0.1, -0.05) is 41.6 Å². The number of halogens is 2. The summed E-state index contributed by atoms with van der Waals surface area (Å²) in [6.45, 7) is 0. The van der Waals surface area contributed by atoms with Gasteiger partial charge in [-0.2, -0.15) is 0 Å². The Kier molecular flexibility index (Phi) is 4.99. The highest BCUT2D eigenvalue weighted by atomic mass is 35.5. The van der Waals surface area contributed by atoms with Crippen molar-refractivity contribution >= 4 is 63.5 Å². The molecule has 1 amide bonds. The van der Waals surface area contributed by atoms with Crippen LogP contribution in [0.2, 0.25) is 5.02 Å². The SMILES string of the molecule is O=C(O)c1ccc(N2C(=O)C(=Cc3c(F)cccc3Cl)SC2=S)cc1O. The van der Waals surface area contributed by atoms with E-state index in [4.69, 9.17) is 28.9 Å². The molecule has 0 unspecified atom stereocenters. The number of nitrogens with zero attached hydrogens (tertiary/aromatic N) is 1. The quantitative estimate of drug-likeness (QED) is 0.581. The van der Waals surface area contributed by atoms with Crippen LogP contribution in [0.3, 0.4) is 0 Å². The van der Waals surface area contributed by atoms with E-state index < -0.39 is 23.4 Å². The average Bonchev–Trinajstić information content (AvgIpc) is 2.84. The smallest absolute Gasteiger partial charge is 0.339 e. The van der Waals surface area contributed by atoms with Crippen molar-refractivity contribution in [3.05, 3.63) is 63.3 Å². The van der Waals surface area contributed by atoms with E-state index in [1.54, 1.807) is 0 Å². The van der Waals surface area contributed by atoms with Gasteiger partial charge >= 0.3 is 5.97 Å². The first kappa shape index (κ1) is 18.4. The van der Waals surface area contributed by atoms with E-state index in [1.807, 2.05) is 0 Å². The Labute approximate surface area is 161 Å². The number of carbonyl (C=O) groups excluding carboxylic acids is 1. The summed E-state index contributed by atoms with van der Waals surface area (Å²) >= 11 is 12.1. The van der Waals surface area contributed by atoms with Crippen LogP contribution in [0.15, 0.2) is 41.3 Å². The zero-order valence-corrected chi connectivity index (χ0v) is 15.2. The Morgan fingerprint density at radius 1 is 1.31 bits per heavy atom. The van der Waals surface area contributed by atoms with Crippen LogP contribution in [-0.2, 0) is 4.79 Å². The molecule has 3 rings (SSSR count). The van der Waals surface area contributed by atoms with Crippen molar-refractivity contribution in [2.24, 2.45) is 0 Å². The maximum atomic E-state index is 13.9. The van der Waals surface area contributed by atoms with E-state index in [-0.39, 0.29) is 31.1 Å². The Hall–Kier alpha value is -2.42. The van der Waals surface area contributed by atoms with Crippen molar-refractivity contribution in [1.29, 1.82) is 0 Å². The molecule has 0 atom stereocenters. The minimum absolute atomic E-state index is 0.0683. The molecule has 1 aliphatic rings. The first-order chi connectivity index (χ1) is 12.3. The molecule has 1 saturated heterocycles. The molecule has 0 aromatic heterocycles. The molecule has 26 heavy (non-hydrogen) atoms. The molecule has 2 aromatic rings. The molecule has 1 aliphatic heterocycles. The average molecular weight is 410 g/mol. The highest BCUT2D eigenvalue weighted by Crippen LogP contribution is 2.38. The largest absolute Gasteiger partial charge is 0.507 e. The topological polar surface area (TPSA) is 77.8 Å². The number of benzene rings is 2. The fourth-order valence-electron chi connectivity index (χ4n) is 2.31. The van der Waals surface area contributed by atoms with Crippen molar-refractivity contribution in [1.82, 2.24) is 0 Å². The van der Waals surface area contributed by atoms with E-state index in [0.29, 0.717) is 0 Å². The molecule has 2 N–H and O–H groups in total. The van der Waals surface area contributed by atoms with E-state index in [0.717, 1.165) is 22.7 Å². The van der Waals surface area contributed by atoms with Crippen LogP contribution in [0.4, 0.5) is 10.1 Å². The summed E-state index contributed by atoms with van der Waals surface area (Å²) in [7, 11) is 0. The van der Waals surface area contributed by atoms with Gasteiger partial charge in [0.2, 0.25) is 0 Å². The van der Waals surface area contributed by atoms with Gasteiger partial charge in [0.25, 0.3) is 5.91 Å². The van der Waals surface area contributed by atoms with Crippen LogP contribution < -0.4 is 4.90 Å². The van der Waals surface area contributed by atoms with Gasteiger partial charge in [0, 0.05) is 11.6 Å². The van der Waals surface area contributed by atoms with Gasteiger partial charge in [0.05, 0.1) is 15.6 Å². The zero-order valence-electron chi connectivity index (χ0n) is 12.8. The normalized spacial score (nSPS) is 15.8. The fraction of sp³-hybridized carbons (Fsp3) is 0. The maximum absolute atomic E-state index is 13.9. The minimum atomic E-state index is -1.30. The molecular formula is C17H9ClFNO4S2. The number of carboxylic acids is 1. The number of rotatable bonds is 3. The van der Waals surface area contributed by atoms with Crippen molar-refractivity contribution < 1.29 is 24.2 Å². The first-order valence-electron chi connectivity index (χ1n) is 7.08. The monoisotopic (exact) mass is 409 g/mol. The Morgan fingerprint density at radius 3 is 2.65 bits per heavy atom. The number of aromatic hydroxyl groups is 1.